The van der Waals surface area contributed by atoms with Gasteiger partial charge >= 0.3 is 0 Å². The molecule has 1 amide bonds. The molecule has 0 rings (SSSR count). The Kier molecular flexibility index (Phi) is 5.67. The first-order valence-electron chi connectivity index (χ1n) is 4.74. The van der Waals surface area contributed by atoms with Crippen molar-refractivity contribution in [3.8, 4) is 0 Å². The first kappa shape index (κ1) is 13.9. The van der Waals surface area contributed by atoms with Gasteiger partial charge in [0.2, 0.25) is 5.91 Å². The number of alkyl halides is 1. The molecule has 0 aliphatic rings. The zero-order valence-corrected chi connectivity index (χ0v) is 11.2. The van der Waals surface area contributed by atoms with E-state index in [-0.39, 0.29) is 18.1 Å². The van der Waals surface area contributed by atoms with E-state index in [0.717, 1.165) is 0 Å². The van der Waals surface area contributed by atoms with E-state index in [9.17, 15) is 4.79 Å². The van der Waals surface area contributed by atoms with Crippen molar-refractivity contribution in [1.82, 2.24) is 4.90 Å². The molecule has 0 spiro atoms. The average molecular weight is 266 g/mol. The average Bonchev–Trinajstić information content (AvgIpc) is 1.97. The Morgan fingerprint density at radius 2 is 2.00 bits per heavy atom. The van der Waals surface area contributed by atoms with E-state index >= 15 is 0 Å². The molecule has 0 fully saturated rings. The van der Waals surface area contributed by atoms with Gasteiger partial charge in [0.05, 0.1) is 5.60 Å². The van der Waals surface area contributed by atoms with Crippen LogP contribution in [0.15, 0.2) is 0 Å². The second-order valence-electron chi connectivity index (χ2n) is 4.46. The first-order chi connectivity index (χ1) is 6.22. The van der Waals surface area contributed by atoms with Crippen LogP contribution in [0.5, 0.6) is 0 Å². The van der Waals surface area contributed by atoms with Crippen molar-refractivity contribution in [2.24, 2.45) is 0 Å². The lowest BCUT2D eigenvalue weighted by Crippen LogP contribution is -2.36. The minimum atomic E-state index is -0.253. The molecular weight excluding hydrogens is 246 g/mol. The van der Waals surface area contributed by atoms with E-state index < -0.39 is 0 Å². The largest absolute Gasteiger partial charge is 0.366 e. The van der Waals surface area contributed by atoms with Gasteiger partial charge in [-0.05, 0) is 20.8 Å². The monoisotopic (exact) mass is 265 g/mol. The van der Waals surface area contributed by atoms with E-state index in [2.05, 4.69) is 15.9 Å². The molecule has 0 aromatic rings. The summed E-state index contributed by atoms with van der Waals surface area (Å²) in [6, 6.07) is 0. The molecule has 4 heteroatoms. The van der Waals surface area contributed by atoms with Gasteiger partial charge in [-0.2, -0.15) is 0 Å². The van der Waals surface area contributed by atoms with Crippen LogP contribution < -0.4 is 0 Å². The van der Waals surface area contributed by atoms with Crippen molar-refractivity contribution in [2.45, 2.75) is 38.1 Å². The summed E-state index contributed by atoms with van der Waals surface area (Å²) < 4.78 is 5.39. The lowest BCUT2D eigenvalue weighted by atomic mass is 10.2. The van der Waals surface area contributed by atoms with Crippen molar-refractivity contribution in [3.05, 3.63) is 0 Å². The lowest BCUT2D eigenvalue weighted by molar-refractivity contribution is -0.139. The van der Waals surface area contributed by atoms with Crippen LogP contribution in [0, 0.1) is 0 Å². The molecule has 3 nitrogen and oxygen atoms in total. The summed E-state index contributed by atoms with van der Waals surface area (Å²) in [4.78, 5) is 13.5. The highest BCUT2D eigenvalue weighted by molar-refractivity contribution is 9.09. The summed E-state index contributed by atoms with van der Waals surface area (Å²) >= 11 is 3.40. The minimum Gasteiger partial charge on any atom is -0.366 e. The summed E-state index contributed by atoms with van der Waals surface area (Å²) in [6.45, 7) is 8.68. The quantitative estimate of drug-likeness (QED) is 0.729. The minimum absolute atomic E-state index is 0.0197. The number of amides is 1. The van der Waals surface area contributed by atoms with Gasteiger partial charge in [-0.25, -0.2) is 0 Å². The molecule has 0 aliphatic carbocycles. The maximum atomic E-state index is 11.5. The highest BCUT2D eigenvalue weighted by Crippen LogP contribution is 2.07. The zero-order chi connectivity index (χ0) is 11.4. The second-order valence-corrected chi connectivity index (χ2v) is 6.02. The number of hydrogen-bond donors (Lipinski definition) is 0. The Morgan fingerprint density at radius 3 is 2.36 bits per heavy atom. The smallest absolute Gasteiger partial charge is 0.248 e. The SMILES string of the molecule is CC(Br)CN(C)C(=O)COC(C)(C)C. The molecule has 14 heavy (non-hydrogen) atoms. The van der Waals surface area contributed by atoms with Crippen LogP contribution in [-0.4, -0.2) is 41.4 Å². The molecule has 0 radical (unpaired) electrons. The number of nitrogens with zero attached hydrogens (tertiary/aromatic N) is 1. The Balaban J connectivity index is 3.85. The highest BCUT2D eigenvalue weighted by Gasteiger charge is 2.16. The van der Waals surface area contributed by atoms with E-state index in [1.165, 1.54) is 0 Å². The van der Waals surface area contributed by atoms with Gasteiger partial charge in [-0.3, -0.25) is 4.79 Å². The Hall–Kier alpha value is -0.0900. The molecule has 0 aliphatic heterocycles. The van der Waals surface area contributed by atoms with E-state index in [4.69, 9.17) is 4.74 Å². The molecule has 0 aromatic carbocycles. The molecule has 0 N–H and O–H groups in total. The number of ether oxygens (including phenoxy) is 1. The molecule has 1 unspecified atom stereocenters. The predicted molar refractivity (Wildman–Crippen MR) is 61.7 cm³/mol. The number of carbonyl (C=O) groups is 1. The van der Waals surface area contributed by atoms with Crippen molar-refractivity contribution in [3.63, 3.8) is 0 Å². The van der Waals surface area contributed by atoms with Crippen LogP contribution in [0.4, 0.5) is 0 Å². The van der Waals surface area contributed by atoms with Gasteiger partial charge in [0.1, 0.15) is 6.61 Å². The Morgan fingerprint density at radius 1 is 1.50 bits per heavy atom. The summed E-state index contributed by atoms with van der Waals surface area (Å²) in [5.41, 5.74) is -0.253. The standard InChI is InChI=1S/C10H20BrNO2/c1-8(11)6-12(5)9(13)7-14-10(2,3)4/h8H,6-7H2,1-5H3. The summed E-state index contributed by atoms with van der Waals surface area (Å²) in [6.07, 6.45) is 0. The van der Waals surface area contributed by atoms with Crippen molar-refractivity contribution in [1.29, 1.82) is 0 Å². The first-order valence-corrected chi connectivity index (χ1v) is 5.66. The second kappa shape index (κ2) is 5.71. The van der Waals surface area contributed by atoms with Gasteiger partial charge in [0.25, 0.3) is 0 Å². The fourth-order valence-electron chi connectivity index (χ4n) is 0.868. The number of likely N-dealkylation sites (N-methyl/N-ethyl adjacent to an activating group) is 1. The molecule has 84 valence electrons. The topological polar surface area (TPSA) is 29.5 Å². The third kappa shape index (κ3) is 7.33. The lowest BCUT2D eigenvalue weighted by Gasteiger charge is -2.23. The van der Waals surface area contributed by atoms with E-state index in [1.54, 1.807) is 11.9 Å². The Labute approximate surface area is 94.9 Å². The van der Waals surface area contributed by atoms with Crippen molar-refractivity contribution < 1.29 is 9.53 Å². The van der Waals surface area contributed by atoms with Gasteiger partial charge in [0, 0.05) is 18.4 Å². The molecule has 1 atom stereocenters. The number of carbonyl (C=O) groups excluding carboxylic acids is 1. The van der Waals surface area contributed by atoms with Gasteiger partial charge < -0.3 is 9.64 Å². The third-order valence-corrected chi connectivity index (χ3v) is 1.87. The molecule has 0 bridgehead atoms. The fourth-order valence-corrected chi connectivity index (χ4v) is 1.30. The predicted octanol–water partition coefficient (Wildman–Crippen LogP) is 2.04. The normalized spacial score (nSPS) is 13.9. The van der Waals surface area contributed by atoms with Crippen LogP contribution in [0.25, 0.3) is 0 Å². The van der Waals surface area contributed by atoms with Crippen LogP contribution in [0.2, 0.25) is 0 Å². The summed E-state index contributed by atoms with van der Waals surface area (Å²) in [5.74, 6) is 0.0197. The molecule has 0 saturated heterocycles. The van der Waals surface area contributed by atoms with Crippen LogP contribution in [0.1, 0.15) is 27.7 Å². The summed E-state index contributed by atoms with van der Waals surface area (Å²) in [5, 5.41) is 0. The molecule has 0 aromatic heterocycles. The Bertz CT molecular complexity index is 187. The zero-order valence-electron chi connectivity index (χ0n) is 9.63. The summed E-state index contributed by atoms with van der Waals surface area (Å²) in [7, 11) is 1.78. The van der Waals surface area contributed by atoms with Gasteiger partial charge in [-0.15, -0.1) is 0 Å². The van der Waals surface area contributed by atoms with Gasteiger partial charge in [-0.1, -0.05) is 22.9 Å². The third-order valence-electron chi connectivity index (χ3n) is 1.58. The molecule has 0 heterocycles. The van der Waals surface area contributed by atoms with E-state index in [1.807, 2.05) is 27.7 Å². The fraction of sp³-hybridized carbons (Fsp3) is 0.900. The molecular formula is C10H20BrNO2. The maximum absolute atomic E-state index is 11.5. The number of halogens is 1. The highest BCUT2D eigenvalue weighted by atomic mass is 79.9. The van der Waals surface area contributed by atoms with Gasteiger partial charge in [0.15, 0.2) is 0 Å². The maximum Gasteiger partial charge on any atom is 0.248 e. The van der Waals surface area contributed by atoms with Crippen LogP contribution >= 0.6 is 15.9 Å². The van der Waals surface area contributed by atoms with E-state index in [0.29, 0.717) is 11.4 Å². The van der Waals surface area contributed by atoms with Crippen molar-refractivity contribution >= 4 is 21.8 Å². The van der Waals surface area contributed by atoms with Crippen LogP contribution in [0.3, 0.4) is 0 Å². The van der Waals surface area contributed by atoms with Crippen LogP contribution in [-0.2, 0) is 9.53 Å². The van der Waals surface area contributed by atoms with Crippen molar-refractivity contribution in [2.75, 3.05) is 20.2 Å². The number of hydrogen-bond acceptors (Lipinski definition) is 2. The molecule has 0 saturated carbocycles. The number of rotatable bonds is 4.